The summed E-state index contributed by atoms with van der Waals surface area (Å²) >= 11 is 5.72. The normalized spacial score (nSPS) is 13.4. The molecule has 13 heavy (non-hydrogen) atoms. The second kappa shape index (κ2) is 4.09. The molecule has 0 spiro atoms. The van der Waals surface area contributed by atoms with Gasteiger partial charge in [0.05, 0.1) is 5.69 Å². The Balaban J connectivity index is 0.000000845. The van der Waals surface area contributed by atoms with Crippen LogP contribution in [0.3, 0.4) is 0 Å². The first-order valence-corrected chi connectivity index (χ1v) is 4.13. The lowest BCUT2D eigenvalue weighted by Gasteiger charge is -2.04. The van der Waals surface area contributed by atoms with Crippen molar-refractivity contribution in [2.75, 3.05) is 12.4 Å². The van der Waals surface area contributed by atoms with Gasteiger partial charge in [-0.25, -0.2) is 9.97 Å². The standard InChI is InChI=1S/C7H9ClN4.ClH/c1-9-6-4-2-10-3-5(4)11-7(8)12-6;/h10H,2-3H2,1H3,(H,9,11,12);1H. The number of anilines is 1. The van der Waals surface area contributed by atoms with Crippen LogP contribution < -0.4 is 10.6 Å². The molecule has 2 rings (SSSR count). The highest BCUT2D eigenvalue weighted by Crippen LogP contribution is 2.21. The summed E-state index contributed by atoms with van der Waals surface area (Å²) in [5.41, 5.74) is 2.13. The van der Waals surface area contributed by atoms with Crippen LogP contribution in [-0.2, 0) is 13.1 Å². The maximum absolute atomic E-state index is 5.72. The maximum atomic E-state index is 5.72. The summed E-state index contributed by atoms with van der Waals surface area (Å²) in [5.74, 6) is 0.829. The van der Waals surface area contributed by atoms with E-state index in [1.54, 1.807) is 0 Å². The van der Waals surface area contributed by atoms with Crippen LogP contribution in [0.5, 0.6) is 0 Å². The van der Waals surface area contributed by atoms with Crippen molar-refractivity contribution in [3.63, 3.8) is 0 Å². The Hall–Kier alpha value is -0.580. The van der Waals surface area contributed by atoms with Gasteiger partial charge in [-0.1, -0.05) is 0 Å². The number of nitrogens with one attached hydrogen (secondary N) is 2. The summed E-state index contributed by atoms with van der Waals surface area (Å²) in [5, 5.41) is 6.49. The van der Waals surface area contributed by atoms with Gasteiger partial charge in [-0.3, -0.25) is 0 Å². The van der Waals surface area contributed by atoms with E-state index in [4.69, 9.17) is 11.6 Å². The average Bonchev–Trinajstić information content (AvgIpc) is 2.50. The van der Waals surface area contributed by atoms with Gasteiger partial charge in [-0.2, -0.15) is 0 Å². The minimum Gasteiger partial charge on any atom is -0.373 e. The summed E-state index contributed by atoms with van der Waals surface area (Å²) in [4.78, 5) is 8.18. The smallest absolute Gasteiger partial charge is 0.224 e. The third-order valence-corrected chi connectivity index (χ3v) is 2.07. The Morgan fingerprint density at radius 3 is 2.85 bits per heavy atom. The van der Waals surface area contributed by atoms with Crippen molar-refractivity contribution in [2.24, 2.45) is 0 Å². The third kappa shape index (κ3) is 1.85. The predicted octanol–water partition coefficient (Wildman–Crippen LogP) is 1.20. The van der Waals surface area contributed by atoms with Gasteiger partial charge in [0.25, 0.3) is 0 Å². The van der Waals surface area contributed by atoms with Crippen molar-refractivity contribution in [2.45, 2.75) is 13.1 Å². The molecule has 0 radical (unpaired) electrons. The molecular formula is C7H10Cl2N4. The monoisotopic (exact) mass is 220 g/mol. The molecule has 0 amide bonds. The molecule has 4 nitrogen and oxygen atoms in total. The average molecular weight is 221 g/mol. The molecule has 1 aromatic rings. The highest BCUT2D eigenvalue weighted by Gasteiger charge is 2.17. The maximum Gasteiger partial charge on any atom is 0.224 e. The number of rotatable bonds is 1. The van der Waals surface area contributed by atoms with Gasteiger partial charge in [0.1, 0.15) is 5.82 Å². The zero-order valence-electron chi connectivity index (χ0n) is 7.09. The van der Waals surface area contributed by atoms with Crippen LogP contribution in [0.15, 0.2) is 0 Å². The fourth-order valence-electron chi connectivity index (χ4n) is 1.34. The number of nitrogens with zero attached hydrogens (tertiary/aromatic N) is 2. The van der Waals surface area contributed by atoms with E-state index in [0.29, 0.717) is 5.28 Å². The van der Waals surface area contributed by atoms with Crippen LogP contribution in [0.2, 0.25) is 5.28 Å². The van der Waals surface area contributed by atoms with Gasteiger partial charge in [0.2, 0.25) is 5.28 Å². The molecule has 0 saturated heterocycles. The van der Waals surface area contributed by atoms with E-state index in [1.807, 2.05) is 7.05 Å². The Morgan fingerprint density at radius 2 is 2.15 bits per heavy atom. The number of aromatic nitrogens is 2. The van der Waals surface area contributed by atoms with Crippen molar-refractivity contribution >= 4 is 29.8 Å². The van der Waals surface area contributed by atoms with Crippen molar-refractivity contribution in [3.8, 4) is 0 Å². The lowest BCUT2D eigenvalue weighted by atomic mass is 10.2. The number of fused-ring (bicyclic) bond motifs is 1. The van der Waals surface area contributed by atoms with E-state index in [2.05, 4.69) is 20.6 Å². The van der Waals surface area contributed by atoms with E-state index >= 15 is 0 Å². The highest BCUT2D eigenvalue weighted by molar-refractivity contribution is 6.28. The van der Waals surface area contributed by atoms with E-state index in [0.717, 1.165) is 30.2 Å². The molecule has 0 aliphatic carbocycles. The van der Waals surface area contributed by atoms with E-state index < -0.39 is 0 Å². The van der Waals surface area contributed by atoms with Crippen LogP contribution in [0.25, 0.3) is 0 Å². The zero-order valence-corrected chi connectivity index (χ0v) is 8.67. The van der Waals surface area contributed by atoms with E-state index in [-0.39, 0.29) is 12.4 Å². The molecule has 0 bridgehead atoms. The minimum absolute atomic E-state index is 0. The molecule has 2 heterocycles. The van der Waals surface area contributed by atoms with E-state index in [1.165, 1.54) is 0 Å². The molecule has 72 valence electrons. The fraction of sp³-hybridized carbons (Fsp3) is 0.429. The minimum atomic E-state index is 0. The van der Waals surface area contributed by atoms with Gasteiger partial charge in [-0.05, 0) is 11.6 Å². The molecule has 0 saturated carbocycles. The zero-order chi connectivity index (χ0) is 8.55. The molecule has 0 atom stereocenters. The van der Waals surface area contributed by atoms with Gasteiger partial charge in [-0.15, -0.1) is 12.4 Å². The first-order chi connectivity index (χ1) is 5.81. The number of hydrogen-bond acceptors (Lipinski definition) is 4. The van der Waals surface area contributed by atoms with Gasteiger partial charge >= 0.3 is 0 Å². The summed E-state index contributed by atoms with van der Waals surface area (Å²) in [6, 6.07) is 0. The van der Waals surface area contributed by atoms with Gasteiger partial charge in [0.15, 0.2) is 0 Å². The quantitative estimate of drug-likeness (QED) is 0.699. The summed E-state index contributed by atoms with van der Waals surface area (Å²) in [6.45, 7) is 1.61. The Kier molecular flexibility index (Phi) is 3.30. The Labute approximate surface area is 87.5 Å². The van der Waals surface area contributed by atoms with Crippen LogP contribution >= 0.6 is 24.0 Å². The van der Waals surface area contributed by atoms with Gasteiger partial charge in [0, 0.05) is 25.7 Å². The number of hydrogen-bond donors (Lipinski definition) is 2. The molecule has 1 aliphatic rings. The Morgan fingerprint density at radius 1 is 1.38 bits per heavy atom. The van der Waals surface area contributed by atoms with Crippen molar-refractivity contribution in [1.29, 1.82) is 0 Å². The molecule has 1 aromatic heterocycles. The number of halogens is 2. The predicted molar refractivity (Wildman–Crippen MR) is 54.4 cm³/mol. The van der Waals surface area contributed by atoms with Crippen LogP contribution in [0.1, 0.15) is 11.3 Å². The fourth-order valence-corrected chi connectivity index (χ4v) is 1.53. The van der Waals surface area contributed by atoms with Crippen LogP contribution in [-0.4, -0.2) is 17.0 Å². The molecular weight excluding hydrogens is 211 g/mol. The molecule has 0 fully saturated rings. The molecule has 0 aromatic carbocycles. The van der Waals surface area contributed by atoms with Crippen LogP contribution in [0.4, 0.5) is 5.82 Å². The van der Waals surface area contributed by atoms with Gasteiger partial charge < -0.3 is 10.6 Å². The first kappa shape index (κ1) is 10.5. The largest absolute Gasteiger partial charge is 0.373 e. The SMILES string of the molecule is CNc1nc(Cl)nc2c1CNC2.Cl. The summed E-state index contributed by atoms with van der Waals surface area (Å²) < 4.78 is 0. The summed E-state index contributed by atoms with van der Waals surface area (Å²) in [6.07, 6.45) is 0. The molecule has 2 N–H and O–H groups in total. The lowest BCUT2D eigenvalue weighted by molar-refractivity contribution is 0.758. The van der Waals surface area contributed by atoms with Crippen molar-refractivity contribution in [1.82, 2.24) is 15.3 Å². The van der Waals surface area contributed by atoms with Crippen molar-refractivity contribution < 1.29 is 0 Å². The molecule has 1 aliphatic heterocycles. The Bertz CT molecular complexity index is 316. The summed E-state index contributed by atoms with van der Waals surface area (Å²) in [7, 11) is 1.83. The topological polar surface area (TPSA) is 49.8 Å². The van der Waals surface area contributed by atoms with Crippen LogP contribution in [0, 0.1) is 0 Å². The third-order valence-electron chi connectivity index (χ3n) is 1.90. The molecule has 0 unspecified atom stereocenters. The second-order valence-corrected chi connectivity index (χ2v) is 2.96. The molecule has 6 heteroatoms. The first-order valence-electron chi connectivity index (χ1n) is 3.75. The lowest BCUT2D eigenvalue weighted by Crippen LogP contribution is -2.02. The second-order valence-electron chi connectivity index (χ2n) is 2.62. The highest BCUT2D eigenvalue weighted by atomic mass is 35.5. The van der Waals surface area contributed by atoms with E-state index in [9.17, 15) is 0 Å². The van der Waals surface area contributed by atoms with Crippen molar-refractivity contribution in [3.05, 3.63) is 16.5 Å².